The second kappa shape index (κ2) is 8.79. The minimum atomic E-state index is -0.539. The molecule has 0 saturated carbocycles. The Bertz CT molecular complexity index is 860. The van der Waals surface area contributed by atoms with Crippen LogP contribution in [0.15, 0.2) is 42.5 Å². The molecular weight excluding hydrogens is 343 g/mol. The zero-order valence-electron chi connectivity index (χ0n) is 15.5. The van der Waals surface area contributed by atoms with Crippen LogP contribution in [0.1, 0.15) is 41.6 Å². The van der Waals surface area contributed by atoms with E-state index in [0.29, 0.717) is 12.2 Å². The molecule has 0 aromatic heterocycles. The van der Waals surface area contributed by atoms with Crippen LogP contribution in [-0.4, -0.2) is 37.1 Å². The van der Waals surface area contributed by atoms with E-state index in [1.807, 2.05) is 35.2 Å². The number of likely N-dealkylation sites (tertiary alicyclic amines) is 1. The number of methoxy groups -OCH3 is 1. The predicted molar refractivity (Wildman–Crippen MR) is 102 cm³/mol. The maximum absolute atomic E-state index is 13.6. The Labute approximate surface area is 159 Å². The Balaban J connectivity index is 1.86. The maximum atomic E-state index is 13.6. The Morgan fingerprint density at radius 2 is 2.07 bits per heavy atom. The van der Waals surface area contributed by atoms with Gasteiger partial charge in [-0.3, -0.25) is 4.79 Å². The third kappa shape index (κ3) is 4.35. The highest BCUT2D eigenvalue weighted by atomic mass is 19.1. The molecule has 27 heavy (non-hydrogen) atoms. The molecule has 1 aliphatic rings. The number of halogens is 1. The number of hydrogen-bond donors (Lipinski definition) is 0. The summed E-state index contributed by atoms with van der Waals surface area (Å²) in [6.45, 7) is 1.40. The van der Waals surface area contributed by atoms with Crippen molar-refractivity contribution >= 4 is 5.91 Å². The first-order valence-electron chi connectivity index (χ1n) is 9.24. The Morgan fingerprint density at radius 1 is 1.26 bits per heavy atom. The van der Waals surface area contributed by atoms with Crippen molar-refractivity contribution in [2.24, 2.45) is 0 Å². The van der Waals surface area contributed by atoms with Crippen LogP contribution in [0.25, 0.3) is 11.1 Å². The summed E-state index contributed by atoms with van der Waals surface area (Å²) in [5.74, 6) is -0.525. The summed E-state index contributed by atoms with van der Waals surface area (Å²) >= 11 is 0. The lowest BCUT2D eigenvalue weighted by Crippen LogP contribution is -2.44. The van der Waals surface area contributed by atoms with E-state index in [4.69, 9.17) is 10.00 Å². The fourth-order valence-electron chi connectivity index (χ4n) is 3.61. The second-order valence-corrected chi connectivity index (χ2v) is 6.82. The van der Waals surface area contributed by atoms with Gasteiger partial charge < -0.3 is 9.64 Å². The Kier molecular flexibility index (Phi) is 6.20. The first-order chi connectivity index (χ1) is 13.1. The molecular formula is C22H23FN2O2. The lowest BCUT2D eigenvalue weighted by atomic mass is 9.97. The third-order valence-electron chi connectivity index (χ3n) is 5.07. The number of amides is 1. The monoisotopic (exact) mass is 366 g/mol. The average molecular weight is 366 g/mol. The standard InChI is InChI=1S/C22H23FN2O2/c1-27-12-10-20-7-2-3-11-25(20)22(26)18-6-4-5-16(13-18)17-8-9-21(23)19(14-17)15-24/h4-6,8-9,13-14,20H,2-3,7,10-12H2,1H3. The van der Waals surface area contributed by atoms with Crippen LogP contribution in [0, 0.1) is 17.1 Å². The fraction of sp³-hybridized carbons (Fsp3) is 0.364. The molecule has 3 rings (SSSR count). The van der Waals surface area contributed by atoms with Crippen LogP contribution in [0.3, 0.4) is 0 Å². The third-order valence-corrected chi connectivity index (χ3v) is 5.07. The minimum absolute atomic E-state index is 0.000102. The molecule has 0 N–H and O–H groups in total. The molecule has 0 aliphatic carbocycles. The lowest BCUT2D eigenvalue weighted by molar-refractivity contribution is 0.0553. The van der Waals surface area contributed by atoms with Crippen molar-refractivity contribution in [2.75, 3.05) is 20.3 Å². The molecule has 2 aromatic carbocycles. The smallest absolute Gasteiger partial charge is 0.254 e. The summed E-state index contributed by atoms with van der Waals surface area (Å²) in [6.07, 6.45) is 3.98. The van der Waals surface area contributed by atoms with Crippen molar-refractivity contribution in [3.8, 4) is 17.2 Å². The van der Waals surface area contributed by atoms with E-state index in [2.05, 4.69) is 0 Å². The zero-order chi connectivity index (χ0) is 19.2. The van der Waals surface area contributed by atoms with Crippen molar-refractivity contribution in [3.05, 3.63) is 59.4 Å². The molecule has 1 saturated heterocycles. The van der Waals surface area contributed by atoms with Crippen LogP contribution in [-0.2, 0) is 4.74 Å². The molecule has 1 amide bonds. The molecule has 0 radical (unpaired) electrons. The molecule has 1 unspecified atom stereocenters. The summed E-state index contributed by atoms with van der Waals surface area (Å²) in [7, 11) is 1.68. The molecule has 0 spiro atoms. The summed E-state index contributed by atoms with van der Waals surface area (Å²) < 4.78 is 18.8. The van der Waals surface area contributed by atoms with Gasteiger partial charge in [0.1, 0.15) is 11.9 Å². The molecule has 5 heteroatoms. The summed E-state index contributed by atoms with van der Waals surface area (Å²) in [5, 5.41) is 9.04. The molecule has 1 fully saturated rings. The van der Waals surface area contributed by atoms with Gasteiger partial charge in [-0.2, -0.15) is 5.26 Å². The van der Waals surface area contributed by atoms with Crippen molar-refractivity contribution in [2.45, 2.75) is 31.7 Å². The summed E-state index contributed by atoms with van der Waals surface area (Å²) in [5.41, 5.74) is 2.12. The topological polar surface area (TPSA) is 53.3 Å². The van der Waals surface area contributed by atoms with Gasteiger partial charge in [-0.15, -0.1) is 0 Å². The van der Waals surface area contributed by atoms with E-state index >= 15 is 0 Å². The first-order valence-corrected chi connectivity index (χ1v) is 9.24. The molecule has 1 atom stereocenters. The largest absolute Gasteiger partial charge is 0.385 e. The highest BCUT2D eigenvalue weighted by Crippen LogP contribution is 2.26. The number of ether oxygens (including phenoxy) is 1. The number of hydrogen-bond acceptors (Lipinski definition) is 3. The van der Waals surface area contributed by atoms with E-state index in [9.17, 15) is 9.18 Å². The Morgan fingerprint density at radius 3 is 2.85 bits per heavy atom. The van der Waals surface area contributed by atoms with Crippen LogP contribution < -0.4 is 0 Å². The maximum Gasteiger partial charge on any atom is 0.254 e. The Hall–Kier alpha value is -2.71. The molecule has 140 valence electrons. The predicted octanol–water partition coefficient (Wildman–Crippen LogP) is 4.40. The van der Waals surface area contributed by atoms with E-state index in [1.54, 1.807) is 13.2 Å². The van der Waals surface area contributed by atoms with Gasteiger partial charge in [-0.05, 0) is 61.1 Å². The van der Waals surface area contributed by atoms with Crippen LogP contribution >= 0.6 is 0 Å². The second-order valence-electron chi connectivity index (χ2n) is 6.82. The van der Waals surface area contributed by atoms with Gasteiger partial charge in [-0.25, -0.2) is 4.39 Å². The van der Waals surface area contributed by atoms with Crippen molar-refractivity contribution in [3.63, 3.8) is 0 Å². The quantitative estimate of drug-likeness (QED) is 0.788. The number of nitrogens with zero attached hydrogens (tertiary/aromatic N) is 2. The molecule has 1 aliphatic heterocycles. The SMILES string of the molecule is COCCC1CCCCN1C(=O)c1cccc(-c2ccc(F)c(C#N)c2)c1. The van der Waals surface area contributed by atoms with Gasteiger partial charge in [0, 0.05) is 31.9 Å². The molecule has 2 aromatic rings. The number of carbonyl (C=O) groups is 1. The fourth-order valence-corrected chi connectivity index (χ4v) is 3.61. The molecule has 4 nitrogen and oxygen atoms in total. The van der Waals surface area contributed by atoms with E-state index in [1.165, 1.54) is 12.1 Å². The molecule has 1 heterocycles. The number of rotatable bonds is 5. The number of carbonyl (C=O) groups excluding carboxylic acids is 1. The van der Waals surface area contributed by atoms with Crippen LogP contribution in [0.2, 0.25) is 0 Å². The summed E-state index contributed by atoms with van der Waals surface area (Å²) in [4.78, 5) is 15.1. The van der Waals surface area contributed by atoms with Gasteiger partial charge in [0.05, 0.1) is 5.56 Å². The van der Waals surface area contributed by atoms with Gasteiger partial charge in [-0.1, -0.05) is 18.2 Å². The van der Waals surface area contributed by atoms with E-state index in [0.717, 1.165) is 43.4 Å². The average Bonchev–Trinajstić information content (AvgIpc) is 2.72. The van der Waals surface area contributed by atoms with Crippen LogP contribution in [0.4, 0.5) is 4.39 Å². The zero-order valence-corrected chi connectivity index (χ0v) is 15.5. The van der Waals surface area contributed by atoms with Crippen molar-refractivity contribution < 1.29 is 13.9 Å². The van der Waals surface area contributed by atoms with Crippen molar-refractivity contribution in [1.82, 2.24) is 4.90 Å². The van der Waals surface area contributed by atoms with Crippen LogP contribution in [0.5, 0.6) is 0 Å². The molecule has 0 bridgehead atoms. The van der Waals surface area contributed by atoms with Gasteiger partial charge in [0.15, 0.2) is 0 Å². The number of nitriles is 1. The number of benzene rings is 2. The normalized spacial score (nSPS) is 16.8. The first kappa shape index (κ1) is 19.1. The summed E-state index contributed by atoms with van der Waals surface area (Å²) in [6, 6.07) is 13.8. The van der Waals surface area contributed by atoms with E-state index in [-0.39, 0.29) is 17.5 Å². The van der Waals surface area contributed by atoms with Gasteiger partial charge in [0.25, 0.3) is 5.91 Å². The van der Waals surface area contributed by atoms with E-state index < -0.39 is 5.82 Å². The highest BCUT2D eigenvalue weighted by Gasteiger charge is 2.27. The highest BCUT2D eigenvalue weighted by molar-refractivity contribution is 5.95. The number of piperidine rings is 1. The minimum Gasteiger partial charge on any atom is -0.385 e. The van der Waals surface area contributed by atoms with Crippen molar-refractivity contribution in [1.29, 1.82) is 5.26 Å². The lowest BCUT2D eigenvalue weighted by Gasteiger charge is -2.36. The van der Waals surface area contributed by atoms with Gasteiger partial charge >= 0.3 is 0 Å². The van der Waals surface area contributed by atoms with Gasteiger partial charge in [0.2, 0.25) is 0 Å².